The van der Waals surface area contributed by atoms with Crippen molar-refractivity contribution < 1.29 is 28.9 Å². The molecule has 0 bridgehead atoms. The topological polar surface area (TPSA) is 85.3 Å². The molecule has 2 rings (SSSR count). The Kier molecular flexibility index (Phi) is 8.94. The first-order chi connectivity index (χ1) is 14.9. The Bertz CT molecular complexity index is 933. The van der Waals surface area contributed by atoms with Crippen molar-refractivity contribution in [2.24, 2.45) is 0 Å². The van der Waals surface area contributed by atoms with E-state index in [1.807, 2.05) is 51.1 Å². The first-order valence-corrected chi connectivity index (χ1v) is 10.1. The molecule has 0 spiro atoms. The van der Waals surface area contributed by atoms with Gasteiger partial charge in [-0.3, -0.25) is 4.79 Å². The van der Waals surface area contributed by atoms with Gasteiger partial charge in [0.25, 0.3) is 0 Å². The number of allylic oxidation sites excluding steroid dienone is 1. The van der Waals surface area contributed by atoms with Gasteiger partial charge in [0.15, 0.2) is 18.1 Å². The van der Waals surface area contributed by atoms with Gasteiger partial charge in [0.1, 0.15) is 12.4 Å². The van der Waals surface area contributed by atoms with Crippen LogP contribution in [0.4, 0.5) is 0 Å². The zero-order valence-electron chi connectivity index (χ0n) is 18.4. The van der Waals surface area contributed by atoms with Gasteiger partial charge in [-0.15, -0.1) is 0 Å². The quantitative estimate of drug-likeness (QED) is 0.546. The van der Waals surface area contributed by atoms with E-state index in [0.717, 1.165) is 16.7 Å². The second-order valence-electron chi connectivity index (χ2n) is 6.78. The monoisotopic (exact) mass is 427 g/mol. The molecule has 0 unspecified atom stereocenters. The van der Waals surface area contributed by atoms with Crippen molar-refractivity contribution in [2.45, 2.75) is 27.4 Å². The summed E-state index contributed by atoms with van der Waals surface area (Å²) in [4.78, 5) is 25.1. The third kappa shape index (κ3) is 6.77. The Morgan fingerprint density at radius 2 is 1.71 bits per heavy atom. The summed E-state index contributed by atoms with van der Waals surface area (Å²) in [6.45, 7) is 6.65. The summed E-state index contributed by atoms with van der Waals surface area (Å²) in [5, 5.41) is 9.01. The van der Waals surface area contributed by atoms with Crippen LogP contribution in [0.3, 0.4) is 0 Å². The number of rotatable bonds is 11. The van der Waals surface area contributed by atoms with Crippen molar-refractivity contribution >= 4 is 17.4 Å². The molecule has 1 N–H and O–H groups in total. The summed E-state index contributed by atoms with van der Waals surface area (Å²) in [6, 6.07) is 12.7. The lowest BCUT2D eigenvalue weighted by molar-refractivity contribution is -0.139. The molecule has 0 aromatic heterocycles. The van der Waals surface area contributed by atoms with Crippen LogP contribution in [0.5, 0.6) is 17.2 Å². The van der Waals surface area contributed by atoms with Crippen LogP contribution in [0, 0.1) is 0 Å². The van der Waals surface area contributed by atoms with E-state index in [-0.39, 0.29) is 18.3 Å². The first-order valence-electron chi connectivity index (χ1n) is 10.1. The van der Waals surface area contributed by atoms with Gasteiger partial charge in [-0.1, -0.05) is 24.3 Å². The van der Waals surface area contributed by atoms with E-state index in [1.54, 1.807) is 30.2 Å². The highest BCUT2D eigenvalue weighted by Crippen LogP contribution is 2.32. The van der Waals surface area contributed by atoms with Crippen molar-refractivity contribution in [3.8, 4) is 17.2 Å². The maximum Gasteiger partial charge on any atom is 0.341 e. The van der Waals surface area contributed by atoms with Crippen molar-refractivity contribution in [1.82, 2.24) is 4.90 Å². The molecular weight excluding hydrogens is 398 g/mol. The summed E-state index contributed by atoms with van der Waals surface area (Å²) in [5.41, 5.74) is 2.33. The minimum absolute atomic E-state index is 0.0768. The number of aliphatic carboxylic acids is 1. The van der Waals surface area contributed by atoms with Crippen molar-refractivity contribution in [3.63, 3.8) is 0 Å². The number of benzene rings is 2. The van der Waals surface area contributed by atoms with Gasteiger partial charge in [0.2, 0.25) is 5.91 Å². The van der Waals surface area contributed by atoms with Gasteiger partial charge in [-0.2, -0.15) is 0 Å². The highest BCUT2D eigenvalue weighted by atomic mass is 16.5. The summed E-state index contributed by atoms with van der Waals surface area (Å²) in [5.74, 6) is 0.217. The minimum Gasteiger partial charge on any atom is -0.496 e. The van der Waals surface area contributed by atoms with Gasteiger partial charge >= 0.3 is 5.97 Å². The number of carboxylic acids is 1. The molecule has 2 aromatic carbocycles. The molecule has 0 aliphatic rings. The Hall–Kier alpha value is -3.48. The zero-order valence-corrected chi connectivity index (χ0v) is 18.4. The molecule has 166 valence electrons. The second kappa shape index (κ2) is 11.6. The standard InChI is InChI=1S/C24H29NO6/c1-5-25(6-2)23(26)13-17(3)18-11-12-21(22(14-18)31-16-24(27)28)30-15-19-9-7-8-10-20(19)29-4/h7-14H,5-6,15-16H2,1-4H3,(H,27,28)/b17-13+. The van der Waals surface area contributed by atoms with Gasteiger partial charge in [0.05, 0.1) is 7.11 Å². The summed E-state index contributed by atoms with van der Waals surface area (Å²) < 4.78 is 16.7. The van der Waals surface area contributed by atoms with Crippen LogP contribution in [0.15, 0.2) is 48.5 Å². The second-order valence-corrected chi connectivity index (χ2v) is 6.78. The number of carbonyl (C=O) groups excluding carboxylic acids is 1. The number of hydrogen-bond acceptors (Lipinski definition) is 5. The maximum absolute atomic E-state index is 12.4. The number of methoxy groups -OCH3 is 1. The minimum atomic E-state index is -1.09. The Labute approximate surface area is 182 Å². The van der Waals surface area contributed by atoms with E-state index in [0.29, 0.717) is 24.6 Å². The van der Waals surface area contributed by atoms with Gasteiger partial charge in [0, 0.05) is 24.7 Å². The molecule has 1 amide bonds. The molecule has 0 saturated heterocycles. The molecule has 7 nitrogen and oxygen atoms in total. The van der Waals surface area contributed by atoms with Crippen LogP contribution in [0.1, 0.15) is 31.9 Å². The van der Waals surface area contributed by atoms with E-state index < -0.39 is 12.6 Å². The third-order valence-corrected chi connectivity index (χ3v) is 4.74. The highest BCUT2D eigenvalue weighted by molar-refractivity contribution is 5.95. The molecule has 0 radical (unpaired) electrons. The number of nitrogens with zero attached hydrogens (tertiary/aromatic N) is 1. The number of carbonyl (C=O) groups is 2. The molecule has 0 saturated carbocycles. The number of ether oxygens (including phenoxy) is 3. The lowest BCUT2D eigenvalue weighted by atomic mass is 10.1. The SMILES string of the molecule is CCN(CC)C(=O)/C=C(\C)c1ccc(OCc2ccccc2OC)c(OCC(=O)O)c1. The lowest BCUT2D eigenvalue weighted by Crippen LogP contribution is -2.28. The number of amides is 1. The van der Waals surface area contributed by atoms with Crippen molar-refractivity contribution in [3.05, 3.63) is 59.7 Å². The van der Waals surface area contributed by atoms with E-state index in [9.17, 15) is 9.59 Å². The number of hydrogen-bond donors (Lipinski definition) is 1. The van der Waals surface area contributed by atoms with Gasteiger partial charge in [-0.25, -0.2) is 4.79 Å². The Morgan fingerprint density at radius 1 is 1.00 bits per heavy atom. The van der Waals surface area contributed by atoms with E-state index in [1.165, 1.54) is 0 Å². The predicted octanol–water partition coefficient (Wildman–Crippen LogP) is 4.01. The number of likely N-dealkylation sites (N-methyl/N-ethyl adjacent to an activating group) is 1. The van der Waals surface area contributed by atoms with E-state index in [4.69, 9.17) is 19.3 Å². The van der Waals surface area contributed by atoms with Crippen LogP contribution in [-0.2, 0) is 16.2 Å². The van der Waals surface area contributed by atoms with Crippen LogP contribution in [-0.4, -0.2) is 48.7 Å². The Morgan fingerprint density at radius 3 is 2.35 bits per heavy atom. The number of carboxylic acid groups (broad SMARTS) is 1. The summed E-state index contributed by atoms with van der Waals surface area (Å²) >= 11 is 0. The van der Waals surface area contributed by atoms with Crippen molar-refractivity contribution in [1.29, 1.82) is 0 Å². The first kappa shape index (κ1) is 23.8. The molecule has 0 aliphatic heterocycles. The number of para-hydroxylation sites is 1. The normalized spacial score (nSPS) is 11.0. The summed E-state index contributed by atoms with van der Waals surface area (Å²) in [7, 11) is 1.59. The van der Waals surface area contributed by atoms with E-state index in [2.05, 4.69) is 0 Å². The van der Waals surface area contributed by atoms with Gasteiger partial charge in [-0.05, 0) is 50.1 Å². The smallest absolute Gasteiger partial charge is 0.341 e. The van der Waals surface area contributed by atoms with Crippen LogP contribution >= 0.6 is 0 Å². The molecule has 0 aliphatic carbocycles. The van der Waals surface area contributed by atoms with Crippen LogP contribution in [0.25, 0.3) is 5.57 Å². The fourth-order valence-corrected chi connectivity index (χ4v) is 3.00. The van der Waals surface area contributed by atoms with Crippen molar-refractivity contribution in [2.75, 3.05) is 26.8 Å². The lowest BCUT2D eigenvalue weighted by Gasteiger charge is -2.17. The molecular formula is C24H29NO6. The van der Waals surface area contributed by atoms with Crippen LogP contribution < -0.4 is 14.2 Å². The average molecular weight is 427 g/mol. The Balaban J connectivity index is 2.28. The fourth-order valence-electron chi connectivity index (χ4n) is 3.00. The van der Waals surface area contributed by atoms with E-state index >= 15 is 0 Å². The molecule has 31 heavy (non-hydrogen) atoms. The van der Waals surface area contributed by atoms with Gasteiger partial charge < -0.3 is 24.2 Å². The third-order valence-electron chi connectivity index (χ3n) is 4.74. The average Bonchev–Trinajstić information content (AvgIpc) is 2.77. The fraction of sp³-hybridized carbons (Fsp3) is 0.333. The molecule has 0 heterocycles. The molecule has 2 aromatic rings. The molecule has 7 heteroatoms. The highest BCUT2D eigenvalue weighted by Gasteiger charge is 2.13. The predicted molar refractivity (Wildman–Crippen MR) is 118 cm³/mol. The largest absolute Gasteiger partial charge is 0.496 e. The molecule has 0 atom stereocenters. The maximum atomic E-state index is 12.4. The summed E-state index contributed by atoms with van der Waals surface area (Å²) in [6.07, 6.45) is 1.57. The molecule has 0 fully saturated rings. The van der Waals surface area contributed by atoms with Crippen LogP contribution in [0.2, 0.25) is 0 Å². The zero-order chi connectivity index (χ0) is 22.8.